The highest BCUT2D eigenvalue weighted by Gasteiger charge is 2.47. The average Bonchev–Trinajstić information content (AvgIpc) is 3.47. The molecule has 0 fully saturated rings. The third-order valence-corrected chi connectivity index (χ3v) is 6.14. The van der Waals surface area contributed by atoms with Crippen LogP contribution >= 0.6 is 11.3 Å². The number of nitrogens with zero attached hydrogens (tertiary/aromatic N) is 4. The van der Waals surface area contributed by atoms with Crippen LogP contribution in [0.3, 0.4) is 0 Å². The molecule has 1 atom stereocenters. The van der Waals surface area contributed by atoms with Crippen molar-refractivity contribution >= 4 is 29.0 Å². The van der Waals surface area contributed by atoms with Gasteiger partial charge in [0.15, 0.2) is 6.54 Å². The molecule has 1 aromatic carbocycles. The zero-order valence-electron chi connectivity index (χ0n) is 16.8. The predicted octanol–water partition coefficient (Wildman–Crippen LogP) is 3.96. The quantitative estimate of drug-likeness (QED) is 0.571. The van der Waals surface area contributed by atoms with E-state index in [-0.39, 0.29) is 19.0 Å². The van der Waals surface area contributed by atoms with Crippen molar-refractivity contribution in [3.63, 3.8) is 0 Å². The maximum atomic E-state index is 13.4. The van der Waals surface area contributed by atoms with Gasteiger partial charge in [0.05, 0.1) is 4.88 Å². The summed E-state index contributed by atoms with van der Waals surface area (Å²) in [5.74, 6) is 0.0494. The van der Waals surface area contributed by atoms with Crippen LogP contribution in [0.2, 0.25) is 0 Å². The zero-order valence-corrected chi connectivity index (χ0v) is 17.6. The standard InChI is InChI=1S/C23H19N4O3S/c1-15-8-10-16(11-9-15)13-27-22(28)17-5-2-3-6-18(17)26(23(27)29)14-20-24-21(25-30-20)19-7-4-12-31-19/h2-12,17H,13-14H2,1H3/q+1. The van der Waals surface area contributed by atoms with Gasteiger partial charge >= 0.3 is 11.9 Å². The summed E-state index contributed by atoms with van der Waals surface area (Å²) in [7, 11) is 0. The summed E-state index contributed by atoms with van der Waals surface area (Å²) in [6.45, 7) is 2.30. The number of imide groups is 1. The molecule has 3 aromatic rings. The predicted molar refractivity (Wildman–Crippen MR) is 115 cm³/mol. The number of hydrogen-bond donors (Lipinski definition) is 0. The van der Waals surface area contributed by atoms with Crippen molar-refractivity contribution < 1.29 is 18.7 Å². The van der Waals surface area contributed by atoms with Crippen LogP contribution in [-0.4, -0.2) is 37.3 Å². The van der Waals surface area contributed by atoms with Gasteiger partial charge in [-0.05, 0) is 30.0 Å². The molecule has 2 aliphatic rings. The van der Waals surface area contributed by atoms with Crippen LogP contribution in [-0.2, 0) is 17.9 Å². The Bertz CT molecular complexity index is 1240. The molecule has 0 spiro atoms. The molecule has 1 aliphatic heterocycles. The summed E-state index contributed by atoms with van der Waals surface area (Å²) in [4.78, 5) is 33.1. The van der Waals surface area contributed by atoms with Gasteiger partial charge in [0.25, 0.3) is 5.89 Å². The zero-order chi connectivity index (χ0) is 21.4. The van der Waals surface area contributed by atoms with Crippen LogP contribution in [0, 0.1) is 12.8 Å². The molecule has 0 radical (unpaired) electrons. The lowest BCUT2D eigenvalue weighted by Crippen LogP contribution is -2.53. The monoisotopic (exact) mass is 431 g/mol. The normalized spacial score (nSPS) is 18.1. The molecule has 0 bridgehead atoms. The number of benzene rings is 1. The van der Waals surface area contributed by atoms with Crippen LogP contribution in [0.4, 0.5) is 4.79 Å². The lowest BCUT2D eigenvalue weighted by atomic mass is 9.94. The van der Waals surface area contributed by atoms with E-state index < -0.39 is 11.9 Å². The minimum Gasteiger partial charge on any atom is -0.335 e. The Morgan fingerprint density at radius 1 is 1.16 bits per heavy atom. The Kier molecular flexibility index (Phi) is 4.91. The lowest BCUT2D eigenvalue weighted by Gasteiger charge is -2.26. The summed E-state index contributed by atoms with van der Waals surface area (Å²) in [6.07, 6.45) is 7.25. The maximum absolute atomic E-state index is 13.4. The second-order valence-electron chi connectivity index (χ2n) is 7.41. The lowest BCUT2D eigenvalue weighted by molar-refractivity contribution is -0.460. The highest BCUT2D eigenvalue weighted by atomic mass is 32.1. The second-order valence-corrected chi connectivity index (χ2v) is 8.36. The second kappa shape index (κ2) is 7.88. The number of carbonyl (C=O) groups excluding carboxylic acids is 2. The minimum atomic E-state index is -0.521. The molecule has 0 N–H and O–H groups in total. The highest BCUT2D eigenvalue weighted by molar-refractivity contribution is 7.13. The SMILES string of the molecule is Cc1ccc(CN2C(=O)C3C=CC=CC3=[N+](Cc3nc(-c4cccs4)no3)C2=O)cc1. The highest BCUT2D eigenvalue weighted by Crippen LogP contribution is 2.24. The van der Waals surface area contributed by atoms with Gasteiger partial charge in [0.1, 0.15) is 18.2 Å². The number of allylic oxidation sites excluding steroid dienone is 3. The van der Waals surface area contributed by atoms with E-state index in [1.165, 1.54) is 16.2 Å². The van der Waals surface area contributed by atoms with Gasteiger partial charge in [0.2, 0.25) is 5.82 Å². The summed E-state index contributed by atoms with van der Waals surface area (Å²) < 4.78 is 6.95. The first-order valence-electron chi connectivity index (χ1n) is 9.87. The van der Waals surface area contributed by atoms with Gasteiger partial charge < -0.3 is 4.52 Å². The number of thiophene rings is 1. The molecule has 2 aromatic heterocycles. The van der Waals surface area contributed by atoms with Gasteiger partial charge in [-0.1, -0.05) is 59.3 Å². The number of rotatable bonds is 5. The van der Waals surface area contributed by atoms with Gasteiger partial charge in [-0.15, -0.1) is 11.3 Å². The van der Waals surface area contributed by atoms with Crippen molar-refractivity contribution in [2.75, 3.05) is 0 Å². The number of hydrogen-bond acceptors (Lipinski definition) is 6. The van der Waals surface area contributed by atoms with Gasteiger partial charge in [0, 0.05) is 0 Å². The number of carbonyl (C=O) groups is 2. The van der Waals surface area contributed by atoms with Crippen molar-refractivity contribution in [1.82, 2.24) is 15.0 Å². The molecule has 1 aliphatic carbocycles. The van der Waals surface area contributed by atoms with Crippen LogP contribution < -0.4 is 0 Å². The molecule has 8 heteroatoms. The summed E-state index contributed by atoms with van der Waals surface area (Å²) in [5.41, 5.74) is 2.63. The molecule has 1 unspecified atom stereocenters. The number of aryl methyl sites for hydroxylation is 1. The molecule has 154 valence electrons. The Labute approximate surface area is 182 Å². The van der Waals surface area contributed by atoms with E-state index in [1.807, 2.05) is 66.9 Å². The summed E-state index contributed by atoms with van der Waals surface area (Å²) in [5, 5.41) is 5.97. The molecular weight excluding hydrogens is 412 g/mol. The van der Waals surface area contributed by atoms with E-state index in [1.54, 1.807) is 10.7 Å². The number of urea groups is 1. The van der Waals surface area contributed by atoms with E-state index in [2.05, 4.69) is 10.1 Å². The van der Waals surface area contributed by atoms with Crippen molar-refractivity contribution in [1.29, 1.82) is 0 Å². The minimum absolute atomic E-state index is 0.0961. The third-order valence-electron chi connectivity index (χ3n) is 5.27. The van der Waals surface area contributed by atoms with Crippen molar-refractivity contribution in [2.45, 2.75) is 20.0 Å². The number of fused-ring (bicyclic) bond motifs is 1. The smallest absolute Gasteiger partial charge is 0.335 e. The first-order chi connectivity index (χ1) is 15.1. The largest absolute Gasteiger partial charge is 0.501 e. The molecule has 3 amide bonds. The molecule has 31 heavy (non-hydrogen) atoms. The van der Waals surface area contributed by atoms with E-state index in [0.717, 1.165) is 16.0 Å². The van der Waals surface area contributed by atoms with E-state index >= 15 is 0 Å². The Morgan fingerprint density at radius 2 is 2.00 bits per heavy atom. The molecular formula is C23H19N4O3S+. The molecule has 3 heterocycles. The Balaban J connectivity index is 1.47. The van der Waals surface area contributed by atoms with E-state index in [9.17, 15) is 9.59 Å². The van der Waals surface area contributed by atoms with Crippen molar-refractivity contribution in [3.8, 4) is 10.7 Å². The fraction of sp³-hybridized carbons (Fsp3) is 0.174. The van der Waals surface area contributed by atoms with E-state index in [0.29, 0.717) is 17.4 Å². The van der Waals surface area contributed by atoms with Crippen LogP contribution in [0.25, 0.3) is 10.7 Å². The first kappa shape index (κ1) is 19.3. The molecule has 0 saturated heterocycles. The van der Waals surface area contributed by atoms with Crippen LogP contribution in [0.1, 0.15) is 17.0 Å². The van der Waals surface area contributed by atoms with Crippen LogP contribution in [0.15, 0.2) is 70.6 Å². The summed E-state index contributed by atoms with van der Waals surface area (Å²) in [6, 6.07) is 11.2. The third kappa shape index (κ3) is 3.66. The van der Waals surface area contributed by atoms with E-state index in [4.69, 9.17) is 4.52 Å². The van der Waals surface area contributed by atoms with Gasteiger partial charge in [-0.25, -0.2) is 4.79 Å². The first-order valence-corrected chi connectivity index (χ1v) is 10.7. The average molecular weight is 431 g/mol. The van der Waals surface area contributed by atoms with Gasteiger partial charge in [-0.3, -0.25) is 0 Å². The Morgan fingerprint density at radius 3 is 2.77 bits per heavy atom. The molecule has 5 rings (SSSR count). The topological polar surface area (TPSA) is 79.3 Å². The maximum Gasteiger partial charge on any atom is 0.501 e. The fourth-order valence-corrected chi connectivity index (χ4v) is 4.31. The fourth-order valence-electron chi connectivity index (χ4n) is 3.66. The molecule has 7 nitrogen and oxygen atoms in total. The number of aromatic nitrogens is 2. The van der Waals surface area contributed by atoms with Crippen molar-refractivity contribution in [2.24, 2.45) is 5.92 Å². The van der Waals surface area contributed by atoms with Gasteiger partial charge in [-0.2, -0.15) is 19.3 Å². The summed E-state index contributed by atoms with van der Waals surface area (Å²) >= 11 is 1.51. The van der Waals surface area contributed by atoms with Crippen LogP contribution in [0.5, 0.6) is 0 Å². The molecule has 0 saturated carbocycles. The number of amides is 3. The Hall–Kier alpha value is -3.65. The van der Waals surface area contributed by atoms with Crippen molar-refractivity contribution in [3.05, 3.63) is 83.1 Å².